The van der Waals surface area contributed by atoms with E-state index in [4.69, 9.17) is 4.74 Å². The Morgan fingerprint density at radius 1 is 1.12 bits per heavy atom. The zero-order valence-electron chi connectivity index (χ0n) is 16.0. The van der Waals surface area contributed by atoms with Crippen LogP contribution in [-0.4, -0.2) is 35.5 Å². The van der Waals surface area contributed by atoms with Gasteiger partial charge in [-0.3, -0.25) is 9.59 Å². The molecule has 1 aromatic carbocycles. The lowest BCUT2D eigenvalue weighted by Gasteiger charge is -2.23. The molecule has 6 heteroatoms. The van der Waals surface area contributed by atoms with Gasteiger partial charge in [-0.05, 0) is 52.7 Å². The molecule has 0 radical (unpaired) electrons. The summed E-state index contributed by atoms with van der Waals surface area (Å²) in [6.07, 6.45) is 2.97. The zero-order valence-corrected chi connectivity index (χ0v) is 16.0. The lowest BCUT2D eigenvalue weighted by atomic mass is 10.0. The first-order valence-corrected chi connectivity index (χ1v) is 8.59. The van der Waals surface area contributed by atoms with Crippen LogP contribution in [0.15, 0.2) is 42.5 Å². The van der Waals surface area contributed by atoms with E-state index in [-0.39, 0.29) is 17.7 Å². The molecular formula is C20H28N2O4. The number of carbonyl (C=O) groups excluding carboxylic acids is 3. The smallest absolute Gasteiger partial charge is 0.408 e. The summed E-state index contributed by atoms with van der Waals surface area (Å²) >= 11 is 0. The number of allylic oxidation sites excluding steroid dienone is 1. The Hall–Kier alpha value is -2.63. The normalized spacial score (nSPS) is 13.7. The summed E-state index contributed by atoms with van der Waals surface area (Å²) in [5.41, 5.74) is 0.388. The Balaban J connectivity index is 2.71. The molecule has 26 heavy (non-hydrogen) atoms. The minimum absolute atomic E-state index is 0.0998. The topological polar surface area (TPSA) is 84.5 Å². The Bertz CT molecular complexity index is 648. The summed E-state index contributed by atoms with van der Waals surface area (Å²) in [6.45, 7) is 8.28. The molecule has 6 nitrogen and oxygen atoms in total. The summed E-state index contributed by atoms with van der Waals surface area (Å²) in [6, 6.07) is 8.50. The molecule has 142 valence electrons. The van der Waals surface area contributed by atoms with E-state index in [1.54, 1.807) is 33.8 Å². The Morgan fingerprint density at radius 2 is 1.73 bits per heavy atom. The van der Waals surface area contributed by atoms with Crippen LogP contribution in [0.3, 0.4) is 0 Å². The van der Waals surface area contributed by atoms with Crippen molar-refractivity contribution in [2.75, 3.05) is 0 Å². The van der Waals surface area contributed by atoms with Crippen LogP contribution in [0.4, 0.5) is 4.79 Å². The van der Waals surface area contributed by atoms with Crippen LogP contribution in [0.5, 0.6) is 0 Å². The molecule has 2 amide bonds. The predicted octanol–water partition coefficient (Wildman–Crippen LogP) is 2.77. The van der Waals surface area contributed by atoms with E-state index >= 15 is 0 Å². The summed E-state index contributed by atoms with van der Waals surface area (Å²) < 4.78 is 5.15. The van der Waals surface area contributed by atoms with Crippen LogP contribution in [0.2, 0.25) is 0 Å². The number of nitrogens with one attached hydrogen (secondary N) is 2. The molecule has 0 saturated carbocycles. The highest BCUT2D eigenvalue weighted by atomic mass is 16.6. The number of benzene rings is 1. The van der Waals surface area contributed by atoms with Crippen molar-refractivity contribution in [2.45, 2.75) is 58.7 Å². The monoisotopic (exact) mass is 360 g/mol. The van der Waals surface area contributed by atoms with Gasteiger partial charge in [0, 0.05) is 0 Å². The number of amides is 2. The highest BCUT2D eigenvalue weighted by Crippen LogP contribution is 2.07. The van der Waals surface area contributed by atoms with Crippen molar-refractivity contribution in [3.8, 4) is 0 Å². The highest BCUT2D eigenvalue weighted by molar-refractivity contribution is 5.88. The average Bonchev–Trinajstić information content (AvgIpc) is 2.51. The van der Waals surface area contributed by atoms with Crippen LogP contribution in [0, 0.1) is 0 Å². The third-order valence-corrected chi connectivity index (χ3v) is 3.32. The van der Waals surface area contributed by atoms with Gasteiger partial charge in [-0.1, -0.05) is 36.4 Å². The fourth-order valence-corrected chi connectivity index (χ4v) is 2.14. The van der Waals surface area contributed by atoms with E-state index in [1.165, 1.54) is 13.0 Å². The Labute approximate surface area is 155 Å². The summed E-state index contributed by atoms with van der Waals surface area (Å²) in [5.74, 6) is -0.456. The minimum atomic E-state index is -0.770. The largest absolute Gasteiger partial charge is 0.444 e. The van der Waals surface area contributed by atoms with Crippen LogP contribution in [0.1, 0.15) is 40.2 Å². The summed E-state index contributed by atoms with van der Waals surface area (Å²) in [4.78, 5) is 35.4. The SMILES string of the molecule is CC(=O)/C=C/C(Cc1ccccc1)NC(=O)C(C)NC(=O)OC(C)(C)C. The molecule has 2 N–H and O–H groups in total. The molecule has 1 aromatic rings. The number of ketones is 1. The quantitative estimate of drug-likeness (QED) is 0.732. The van der Waals surface area contributed by atoms with Crippen molar-refractivity contribution in [1.82, 2.24) is 10.6 Å². The number of alkyl carbamates (subject to hydrolysis) is 1. The fraction of sp³-hybridized carbons (Fsp3) is 0.450. The van der Waals surface area contributed by atoms with Crippen LogP contribution in [-0.2, 0) is 20.7 Å². The van der Waals surface area contributed by atoms with Gasteiger partial charge in [0.2, 0.25) is 5.91 Å². The highest BCUT2D eigenvalue weighted by Gasteiger charge is 2.22. The molecule has 0 aromatic heterocycles. The summed E-state index contributed by atoms with van der Waals surface area (Å²) in [5, 5.41) is 5.35. The van der Waals surface area contributed by atoms with E-state index in [1.807, 2.05) is 30.3 Å². The molecule has 0 heterocycles. The summed E-state index contributed by atoms with van der Waals surface area (Å²) in [7, 11) is 0. The van der Waals surface area contributed by atoms with Crippen LogP contribution < -0.4 is 10.6 Å². The second-order valence-electron chi connectivity index (χ2n) is 7.14. The molecule has 0 aliphatic rings. The Morgan fingerprint density at radius 3 is 2.27 bits per heavy atom. The first kappa shape index (κ1) is 21.4. The maximum absolute atomic E-state index is 12.4. The van der Waals surface area contributed by atoms with Gasteiger partial charge in [-0.15, -0.1) is 0 Å². The van der Waals surface area contributed by atoms with Crippen molar-refractivity contribution < 1.29 is 19.1 Å². The van der Waals surface area contributed by atoms with Crippen LogP contribution >= 0.6 is 0 Å². The number of hydrogen-bond acceptors (Lipinski definition) is 4. The van der Waals surface area contributed by atoms with Crippen molar-refractivity contribution in [3.05, 3.63) is 48.0 Å². The fourth-order valence-electron chi connectivity index (χ4n) is 2.14. The molecule has 0 aliphatic carbocycles. The number of rotatable bonds is 7. The maximum Gasteiger partial charge on any atom is 0.408 e. The zero-order chi connectivity index (χ0) is 19.7. The van der Waals surface area contributed by atoms with Crippen LogP contribution in [0.25, 0.3) is 0 Å². The molecule has 0 aliphatic heterocycles. The number of ether oxygens (including phenoxy) is 1. The molecular weight excluding hydrogens is 332 g/mol. The van der Waals surface area contributed by atoms with E-state index in [0.717, 1.165) is 5.56 Å². The van der Waals surface area contributed by atoms with Gasteiger partial charge in [0.05, 0.1) is 6.04 Å². The van der Waals surface area contributed by atoms with E-state index in [9.17, 15) is 14.4 Å². The van der Waals surface area contributed by atoms with Gasteiger partial charge < -0.3 is 15.4 Å². The predicted molar refractivity (Wildman–Crippen MR) is 101 cm³/mol. The maximum atomic E-state index is 12.4. The lowest BCUT2D eigenvalue weighted by molar-refractivity contribution is -0.123. The number of carbonyl (C=O) groups is 3. The van der Waals surface area contributed by atoms with Gasteiger partial charge in [0.25, 0.3) is 0 Å². The van der Waals surface area contributed by atoms with E-state index < -0.39 is 17.7 Å². The standard InChI is InChI=1S/C20H28N2O4/c1-14(23)11-12-17(13-16-9-7-6-8-10-16)22-18(24)15(2)21-19(25)26-20(3,4)5/h6-12,15,17H,13H2,1-5H3,(H,21,25)(H,22,24)/b12-11+. The Kier molecular flexibility index (Phi) is 8.03. The first-order valence-electron chi connectivity index (χ1n) is 8.59. The molecule has 1 rings (SSSR count). The molecule has 0 bridgehead atoms. The van der Waals surface area contributed by atoms with Gasteiger partial charge in [0.1, 0.15) is 11.6 Å². The molecule has 2 atom stereocenters. The lowest BCUT2D eigenvalue weighted by Crippen LogP contribution is -2.49. The molecule has 0 spiro atoms. The third kappa shape index (κ3) is 9.01. The van der Waals surface area contributed by atoms with Crippen molar-refractivity contribution in [2.24, 2.45) is 0 Å². The van der Waals surface area contributed by atoms with Gasteiger partial charge in [-0.25, -0.2) is 4.79 Å². The number of hydrogen-bond donors (Lipinski definition) is 2. The molecule has 2 unspecified atom stereocenters. The second kappa shape index (κ2) is 9.75. The van der Waals surface area contributed by atoms with Gasteiger partial charge in [-0.2, -0.15) is 0 Å². The van der Waals surface area contributed by atoms with Crippen molar-refractivity contribution in [3.63, 3.8) is 0 Å². The minimum Gasteiger partial charge on any atom is -0.444 e. The van der Waals surface area contributed by atoms with Crippen molar-refractivity contribution in [1.29, 1.82) is 0 Å². The molecule has 0 fully saturated rings. The first-order chi connectivity index (χ1) is 12.1. The van der Waals surface area contributed by atoms with Gasteiger partial charge in [0.15, 0.2) is 5.78 Å². The van der Waals surface area contributed by atoms with E-state index in [0.29, 0.717) is 6.42 Å². The van der Waals surface area contributed by atoms with Gasteiger partial charge >= 0.3 is 6.09 Å². The van der Waals surface area contributed by atoms with Crippen molar-refractivity contribution >= 4 is 17.8 Å². The average molecular weight is 360 g/mol. The molecule has 0 saturated heterocycles. The third-order valence-electron chi connectivity index (χ3n) is 3.32. The van der Waals surface area contributed by atoms with E-state index in [2.05, 4.69) is 10.6 Å². The second-order valence-corrected chi connectivity index (χ2v) is 7.14.